The minimum absolute atomic E-state index is 0.178. The number of nitrogens with zero attached hydrogens (tertiary/aromatic N) is 5. The van der Waals surface area contributed by atoms with Crippen LogP contribution in [0.3, 0.4) is 0 Å². The molecule has 0 aliphatic heterocycles. The molecule has 128 valence electrons. The molecule has 8 heteroatoms. The second kappa shape index (κ2) is 8.04. The highest BCUT2D eigenvalue weighted by atomic mass is 16.5. The first kappa shape index (κ1) is 16.6. The van der Waals surface area contributed by atoms with Crippen molar-refractivity contribution in [3.8, 4) is 6.07 Å². The average Bonchev–Trinajstić information content (AvgIpc) is 3.24. The van der Waals surface area contributed by atoms with Crippen molar-refractivity contribution in [1.82, 2.24) is 24.8 Å². The van der Waals surface area contributed by atoms with Crippen LogP contribution in [0.4, 0.5) is 5.82 Å². The number of aromatic nitrogens is 4. The number of fused-ring (bicyclic) bond motifs is 1. The summed E-state index contributed by atoms with van der Waals surface area (Å²) in [5.41, 5.74) is 1.44. The van der Waals surface area contributed by atoms with Gasteiger partial charge in [0.2, 0.25) is 5.82 Å². The highest BCUT2D eigenvalue weighted by molar-refractivity contribution is 5.83. The van der Waals surface area contributed by atoms with E-state index in [0.717, 1.165) is 38.0 Å². The highest BCUT2D eigenvalue weighted by Gasteiger charge is 2.19. The molecule has 0 bridgehead atoms. The Morgan fingerprint density at radius 2 is 2.17 bits per heavy atom. The fourth-order valence-electron chi connectivity index (χ4n) is 3.02. The molecule has 0 aromatic carbocycles. The Bertz CT molecular complexity index is 715. The predicted molar refractivity (Wildman–Crippen MR) is 90.7 cm³/mol. The smallest absolute Gasteiger partial charge is 0.236 e. The summed E-state index contributed by atoms with van der Waals surface area (Å²) >= 11 is 0. The van der Waals surface area contributed by atoms with Gasteiger partial charge in [-0.05, 0) is 12.8 Å². The van der Waals surface area contributed by atoms with Crippen LogP contribution in [-0.2, 0) is 11.3 Å². The minimum Gasteiger partial charge on any atom is -0.383 e. The Balaban J connectivity index is 1.77. The summed E-state index contributed by atoms with van der Waals surface area (Å²) < 4.78 is 6.97. The van der Waals surface area contributed by atoms with E-state index in [1.54, 1.807) is 13.4 Å². The van der Waals surface area contributed by atoms with E-state index < -0.39 is 0 Å². The van der Waals surface area contributed by atoms with E-state index in [4.69, 9.17) is 4.74 Å². The van der Waals surface area contributed by atoms with Gasteiger partial charge < -0.3 is 19.9 Å². The third-order valence-electron chi connectivity index (χ3n) is 4.27. The Hall–Kier alpha value is -2.24. The number of imidazole rings is 1. The molecule has 1 saturated carbocycles. The Kier molecular flexibility index (Phi) is 5.56. The van der Waals surface area contributed by atoms with E-state index in [1.165, 1.54) is 12.8 Å². The van der Waals surface area contributed by atoms with Crippen LogP contribution in [0.15, 0.2) is 6.33 Å². The van der Waals surface area contributed by atoms with Crippen molar-refractivity contribution in [2.45, 2.75) is 38.3 Å². The molecule has 0 amide bonds. The average molecular weight is 329 g/mol. The zero-order valence-electron chi connectivity index (χ0n) is 14.0. The van der Waals surface area contributed by atoms with Gasteiger partial charge in [-0.3, -0.25) is 0 Å². The summed E-state index contributed by atoms with van der Waals surface area (Å²) in [7, 11) is 1.68. The van der Waals surface area contributed by atoms with Crippen molar-refractivity contribution in [3.63, 3.8) is 0 Å². The zero-order valence-corrected chi connectivity index (χ0v) is 14.0. The molecule has 24 heavy (non-hydrogen) atoms. The molecular weight excluding hydrogens is 306 g/mol. The van der Waals surface area contributed by atoms with Crippen LogP contribution in [0, 0.1) is 11.3 Å². The first-order valence-corrected chi connectivity index (χ1v) is 8.41. The normalized spacial score (nSPS) is 15.0. The minimum atomic E-state index is 0.178. The second-order valence-corrected chi connectivity index (χ2v) is 5.99. The maximum absolute atomic E-state index is 9.23. The van der Waals surface area contributed by atoms with Crippen LogP contribution >= 0.6 is 0 Å². The predicted octanol–water partition coefficient (Wildman–Crippen LogP) is 1.29. The van der Waals surface area contributed by atoms with Gasteiger partial charge in [0.1, 0.15) is 6.07 Å². The number of hydrogen-bond acceptors (Lipinski definition) is 7. The lowest BCUT2D eigenvalue weighted by molar-refractivity contribution is 0.199. The summed E-state index contributed by atoms with van der Waals surface area (Å²) in [4.78, 5) is 13.1. The Morgan fingerprint density at radius 1 is 1.33 bits per heavy atom. The maximum atomic E-state index is 9.23. The van der Waals surface area contributed by atoms with E-state index in [1.807, 2.05) is 10.6 Å². The molecular formula is C16H23N7O. The topological polar surface area (TPSA) is 101 Å². The van der Waals surface area contributed by atoms with Gasteiger partial charge in [-0.25, -0.2) is 4.98 Å². The van der Waals surface area contributed by atoms with Gasteiger partial charge in [-0.15, -0.1) is 0 Å². The Morgan fingerprint density at radius 3 is 2.92 bits per heavy atom. The SMILES string of the molecule is COCCNCCn1cnc2c(NC3CCCC3)nc(C#N)nc21. The standard InChI is InChI=1S/C16H23N7O/c1-24-9-7-18-6-8-23-11-19-14-15(20-12-4-2-3-5-12)21-13(10-17)22-16(14)23/h11-12,18H,2-9H2,1H3,(H,20,21,22). The number of nitriles is 1. The van der Waals surface area contributed by atoms with Crippen molar-refractivity contribution in [2.24, 2.45) is 0 Å². The van der Waals surface area contributed by atoms with Crippen LogP contribution in [0.25, 0.3) is 11.2 Å². The number of nitrogens with one attached hydrogen (secondary N) is 2. The lowest BCUT2D eigenvalue weighted by atomic mass is 10.2. The molecule has 0 unspecified atom stereocenters. The number of hydrogen-bond donors (Lipinski definition) is 2. The maximum Gasteiger partial charge on any atom is 0.236 e. The van der Waals surface area contributed by atoms with E-state index in [2.05, 4.69) is 25.6 Å². The molecule has 8 nitrogen and oxygen atoms in total. The number of ether oxygens (including phenoxy) is 1. The van der Waals surface area contributed by atoms with Crippen molar-refractivity contribution < 1.29 is 4.74 Å². The van der Waals surface area contributed by atoms with Crippen molar-refractivity contribution in [1.29, 1.82) is 5.26 Å². The summed E-state index contributed by atoms with van der Waals surface area (Å²) in [6, 6.07) is 2.46. The lowest BCUT2D eigenvalue weighted by Crippen LogP contribution is -2.23. The first-order chi connectivity index (χ1) is 11.8. The van der Waals surface area contributed by atoms with Gasteiger partial charge >= 0.3 is 0 Å². The van der Waals surface area contributed by atoms with Gasteiger partial charge in [0.15, 0.2) is 17.0 Å². The molecule has 0 radical (unpaired) electrons. The molecule has 0 saturated heterocycles. The Labute approximate surface area is 141 Å². The second-order valence-electron chi connectivity index (χ2n) is 5.99. The molecule has 1 aliphatic carbocycles. The lowest BCUT2D eigenvalue weighted by Gasteiger charge is -2.13. The summed E-state index contributed by atoms with van der Waals surface area (Å²) in [5, 5.41) is 16.0. The van der Waals surface area contributed by atoms with Crippen LogP contribution in [0.5, 0.6) is 0 Å². The number of anilines is 1. The van der Waals surface area contributed by atoms with Crippen LogP contribution in [0.2, 0.25) is 0 Å². The van der Waals surface area contributed by atoms with Gasteiger partial charge in [0.25, 0.3) is 0 Å². The first-order valence-electron chi connectivity index (χ1n) is 8.41. The molecule has 2 heterocycles. The van der Waals surface area contributed by atoms with E-state index in [9.17, 15) is 5.26 Å². The number of rotatable bonds is 8. The molecule has 3 rings (SSSR count). The zero-order chi connectivity index (χ0) is 16.8. The van der Waals surface area contributed by atoms with E-state index in [0.29, 0.717) is 24.1 Å². The number of methoxy groups -OCH3 is 1. The van der Waals surface area contributed by atoms with Crippen molar-refractivity contribution in [3.05, 3.63) is 12.2 Å². The van der Waals surface area contributed by atoms with E-state index in [-0.39, 0.29) is 5.82 Å². The van der Waals surface area contributed by atoms with Crippen molar-refractivity contribution >= 4 is 17.0 Å². The van der Waals surface area contributed by atoms with Crippen LogP contribution < -0.4 is 10.6 Å². The molecule has 2 N–H and O–H groups in total. The molecule has 0 spiro atoms. The van der Waals surface area contributed by atoms with Gasteiger partial charge in [0, 0.05) is 32.8 Å². The van der Waals surface area contributed by atoms with Gasteiger partial charge in [-0.2, -0.15) is 15.2 Å². The molecule has 1 aliphatic rings. The van der Waals surface area contributed by atoms with Gasteiger partial charge in [0.05, 0.1) is 12.9 Å². The molecule has 2 aromatic heterocycles. The summed E-state index contributed by atoms with van der Waals surface area (Å²) in [6.45, 7) is 2.99. The fourth-order valence-corrected chi connectivity index (χ4v) is 3.02. The fraction of sp³-hybridized carbons (Fsp3) is 0.625. The molecule has 0 atom stereocenters. The monoisotopic (exact) mass is 329 g/mol. The van der Waals surface area contributed by atoms with Crippen LogP contribution in [-0.4, -0.2) is 52.4 Å². The van der Waals surface area contributed by atoms with Gasteiger partial charge in [-0.1, -0.05) is 12.8 Å². The quantitative estimate of drug-likeness (QED) is 0.704. The summed E-state index contributed by atoms with van der Waals surface area (Å²) in [5.74, 6) is 0.853. The highest BCUT2D eigenvalue weighted by Crippen LogP contribution is 2.25. The van der Waals surface area contributed by atoms with E-state index >= 15 is 0 Å². The molecule has 1 fully saturated rings. The summed E-state index contributed by atoms with van der Waals surface area (Å²) in [6.07, 6.45) is 6.50. The van der Waals surface area contributed by atoms with Crippen molar-refractivity contribution in [2.75, 3.05) is 32.1 Å². The van der Waals surface area contributed by atoms with Crippen LogP contribution in [0.1, 0.15) is 31.5 Å². The largest absolute Gasteiger partial charge is 0.383 e. The third kappa shape index (κ3) is 3.80. The third-order valence-corrected chi connectivity index (χ3v) is 4.27. The molecule has 2 aromatic rings.